The molecular formula is C16H24FN3O. The van der Waals surface area contributed by atoms with Crippen LogP contribution in [0.15, 0.2) is 24.3 Å². The number of carbonyl (C=O) groups is 1. The Hall–Kier alpha value is -1.46. The van der Waals surface area contributed by atoms with E-state index in [1.54, 1.807) is 12.1 Å². The van der Waals surface area contributed by atoms with Crippen LogP contribution in [0.5, 0.6) is 0 Å². The van der Waals surface area contributed by atoms with Gasteiger partial charge in [-0.2, -0.15) is 0 Å². The minimum absolute atomic E-state index is 0.0402. The van der Waals surface area contributed by atoms with E-state index in [9.17, 15) is 9.18 Å². The van der Waals surface area contributed by atoms with Crippen LogP contribution < -0.4 is 11.1 Å². The maximum absolute atomic E-state index is 12.8. The standard InChI is InChI=1S/C16H24FN3O/c1-16(11-18)7-9-20(12-16)10-15(21)19-8-6-13-2-4-14(17)5-3-13/h2-5H,6-12,18H2,1H3,(H,19,21). The molecule has 0 aliphatic carbocycles. The van der Waals surface area contributed by atoms with Crippen molar-refractivity contribution in [2.45, 2.75) is 19.8 Å². The number of nitrogens with one attached hydrogen (secondary N) is 1. The van der Waals surface area contributed by atoms with E-state index in [1.807, 2.05) is 0 Å². The van der Waals surface area contributed by atoms with E-state index in [0.717, 1.165) is 25.1 Å². The maximum atomic E-state index is 12.8. The molecule has 5 heteroatoms. The van der Waals surface area contributed by atoms with Crippen LogP contribution in [0.2, 0.25) is 0 Å². The van der Waals surface area contributed by atoms with E-state index in [4.69, 9.17) is 5.73 Å². The molecule has 21 heavy (non-hydrogen) atoms. The van der Waals surface area contributed by atoms with Gasteiger partial charge in [0, 0.05) is 13.1 Å². The fourth-order valence-corrected chi connectivity index (χ4v) is 2.68. The van der Waals surface area contributed by atoms with Crippen molar-refractivity contribution in [3.8, 4) is 0 Å². The molecule has 3 N–H and O–H groups in total. The molecule has 4 nitrogen and oxygen atoms in total. The van der Waals surface area contributed by atoms with E-state index in [-0.39, 0.29) is 17.1 Å². The lowest BCUT2D eigenvalue weighted by molar-refractivity contribution is -0.122. The van der Waals surface area contributed by atoms with Crippen LogP contribution in [0.25, 0.3) is 0 Å². The number of halogens is 1. The molecule has 0 bridgehead atoms. The van der Waals surface area contributed by atoms with Gasteiger partial charge in [0.1, 0.15) is 5.82 Å². The molecule has 1 heterocycles. The number of carbonyl (C=O) groups excluding carboxylic acids is 1. The lowest BCUT2D eigenvalue weighted by Crippen LogP contribution is -2.38. The van der Waals surface area contributed by atoms with Crippen molar-refractivity contribution in [1.82, 2.24) is 10.2 Å². The number of likely N-dealkylation sites (tertiary alicyclic amines) is 1. The molecule has 1 aliphatic rings. The molecule has 1 saturated heterocycles. The van der Waals surface area contributed by atoms with E-state index in [1.165, 1.54) is 12.1 Å². The highest BCUT2D eigenvalue weighted by Gasteiger charge is 2.32. The Kier molecular flexibility index (Phi) is 5.31. The van der Waals surface area contributed by atoms with Gasteiger partial charge in [0.05, 0.1) is 6.54 Å². The average Bonchev–Trinajstić information content (AvgIpc) is 2.83. The van der Waals surface area contributed by atoms with Crippen LogP contribution in [0.4, 0.5) is 4.39 Å². The molecule has 2 rings (SSSR count). The maximum Gasteiger partial charge on any atom is 0.234 e. The molecule has 1 unspecified atom stereocenters. The van der Waals surface area contributed by atoms with Gasteiger partial charge in [0.25, 0.3) is 0 Å². The summed E-state index contributed by atoms with van der Waals surface area (Å²) >= 11 is 0. The van der Waals surface area contributed by atoms with Crippen LogP contribution in [-0.2, 0) is 11.2 Å². The minimum Gasteiger partial charge on any atom is -0.355 e. The monoisotopic (exact) mass is 293 g/mol. The molecule has 116 valence electrons. The van der Waals surface area contributed by atoms with Crippen molar-refractivity contribution >= 4 is 5.91 Å². The number of hydrogen-bond donors (Lipinski definition) is 2. The molecule has 1 amide bonds. The number of nitrogens with zero attached hydrogens (tertiary/aromatic N) is 1. The summed E-state index contributed by atoms with van der Waals surface area (Å²) in [6.45, 7) is 5.65. The van der Waals surface area contributed by atoms with Gasteiger partial charge < -0.3 is 11.1 Å². The van der Waals surface area contributed by atoms with Gasteiger partial charge in [0.2, 0.25) is 5.91 Å². The summed E-state index contributed by atoms with van der Waals surface area (Å²) in [4.78, 5) is 14.1. The lowest BCUT2D eigenvalue weighted by atomic mass is 9.90. The number of hydrogen-bond acceptors (Lipinski definition) is 3. The Morgan fingerprint density at radius 3 is 2.76 bits per heavy atom. The SMILES string of the molecule is CC1(CN)CCN(CC(=O)NCCc2ccc(F)cc2)C1. The zero-order chi connectivity index (χ0) is 15.3. The quantitative estimate of drug-likeness (QED) is 0.827. The van der Waals surface area contributed by atoms with Crippen LogP contribution in [0, 0.1) is 11.2 Å². The van der Waals surface area contributed by atoms with Crippen LogP contribution >= 0.6 is 0 Å². The normalized spacial score (nSPS) is 22.4. The van der Waals surface area contributed by atoms with Gasteiger partial charge >= 0.3 is 0 Å². The first-order valence-electron chi connectivity index (χ1n) is 7.44. The predicted molar refractivity (Wildman–Crippen MR) is 81.3 cm³/mol. The Bertz CT molecular complexity index is 477. The van der Waals surface area contributed by atoms with E-state index >= 15 is 0 Å². The van der Waals surface area contributed by atoms with Crippen molar-refractivity contribution in [1.29, 1.82) is 0 Å². The Labute approximate surface area is 125 Å². The molecule has 1 aliphatic heterocycles. The highest BCUT2D eigenvalue weighted by molar-refractivity contribution is 5.78. The number of benzene rings is 1. The zero-order valence-corrected chi connectivity index (χ0v) is 12.6. The van der Waals surface area contributed by atoms with Crippen LogP contribution in [-0.4, -0.2) is 43.5 Å². The van der Waals surface area contributed by atoms with Crippen molar-refractivity contribution in [2.75, 3.05) is 32.7 Å². The van der Waals surface area contributed by atoms with Crippen molar-refractivity contribution < 1.29 is 9.18 Å². The Balaban J connectivity index is 1.67. The third-order valence-corrected chi connectivity index (χ3v) is 4.15. The molecule has 1 aromatic rings. The average molecular weight is 293 g/mol. The molecular weight excluding hydrogens is 269 g/mol. The highest BCUT2D eigenvalue weighted by atomic mass is 19.1. The summed E-state index contributed by atoms with van der Waals surface area (Å²) in [5.41, 5.74) is 6.93. The number of amides is 1. The fourth-order valence-electron chi connectivity index (χ4n) is 2.68. The van der Waals surface area contributed by atoms with Gasteiger partial charge in [-0.05, 0) is 49.0 Å². The topological polar surface area (TPSA) is 58.4 Å². The molecule has 1 atom stereocenters. The molecule has 1 aromatic carbocycles. The smallest absolute Gasteiger partial charge is 0.234 e. The largest absolute Gasteiger partial charge is 0.355 e. The summed E-state index contributed by atoms with van der Waals surface area (Å²) < 4.78 is 12.8. The molecule has 0 radical (unpaired) electrons. The Morgan fingerprint density at radius 2 is 2.14 bits per heavy atom. The van der Waals surface area contributed by atoms with Crippen LogP contribution in [0.3, 0.4) is 0 Å². The summed E-state index contributed by atoms with van der Waals surface area (Å²) in [7, 11) is 0. The molecule has 1 fully saturated rings. The van der Waals surface area contributed by atoms with Crippen LogP contribution in [0.1, 0.15) is 18.9 Å². The third kappa shape index (κ3) is 4.79. The summed E-state index contributed by atoms with van der Waals surface area (Å²) in [6, 6.07) is 6.37. The minimum atomic E-state index is -0.236. The summed E-state index contributed by atoms with van der Waals surface area (Å²) in [6.07, 6.45) is 1.76. The van der Waals surface area contributed by atoms with Crippen molar-refractivity contribution in [3.05, 3.63) is 35.6 Å². The molecule has 0 aromatic heterocycles. The molecule has 0 saturated carbocycles. The first-order chi connectivity index (χ1) is 10.0. The second-order valence-corrected chi connectivity index (χ2v) is 6.20. The molecule has 0 spiro atoms. The van der Waals surface area contributed by atoms with Gasteiger partial charge in [0.15, 0.2) is 0 Å². The Morgan fingerprint density at radius 1 is 1.43 bits per heavy atom. The second kappa shape index (κ2) is 7.00. The highest BCUT2D eigenvalue weighted by Crippen LogP contribution is 2.27. The second-order valence-electron chi connectivity index (χ2n) is 6.20. The fraction of sp³-hybridized carbons (Fsp3) is 0.562. The number of rotatable bonds is 6. The van der Waals surface area contributed by atoms with Crippen molar-refractivity contribution in [3.63, 3.8) is 0 Å². The first kappa shape index (κ1) is 15.9. The lowest BCUT2D eigenvalue weighted by Gasteiger charge is -2.22. The predicted octanol–water partition coefficient (Wildman–Crippen LogP) is 1.16. The van der Waals surface area contributed by atoms with E-state index in [2.05, 4.69) is 17.1 Å². The van der Waals surface area contributed by atoms with E-state index in [0.29, 0.717) is 26.1 Å². The zero-order valence-electron chi connectivity index (χ0n) is 12.6. The third-order valence-electron chi connectivity index (χ3n) is 4.15. The van der Waals surface area contributed by atoms with Gasteiger partial charge in [-0.25, -0.2) is 4.39 Å². The summed E-state index contributed by atoms with van der Waals surface area (Å²) in [5, 5.41) is 2.91. The summed E-state index contributed by atoms with van der Waals surface area (Å²) in [5.74, 6) is -0.196. The van der Waals surface area contributed by atoms with Crippen molar-refractivity contribution in [2.24, 2.45) is 11.1 Å². The van der Waals surface area contributed by atoms with Gasteiger partial charge in [-0.15, -0.1) is 0 Å². The number of nitrogens with two attached hydrogens (primary N) is 1. The first-order valence-corrected chi connectivity index (χ1v) is 7.44. The van der Waals surface area contributed by atoms with Gasteiger partial charge in [-0.3, -0.25) is 9.69 Å². The van der Waals surface area contributed by atoms with E-state index < -0.39 is 0 Å². The van der Waals surface area contributed by atoms with Gasteiger partial charge in [-0.1, -0.05) is 19.1 Å².